The summed E-state index contributed by atoms with van der Waals surface area (Å²) < 4.78 is 0. The van der Waals surface area contributed by atoms with Gasteiger partial charge in [-0.2, -0.15) is 0 Å². The van der Waals surface area contributed by atoms with E-state index in [0.717, 1.165) is 33.6 Å². The Hall–Kier alpha value is -6.38. The average molecular weight is 611 g/mol. The van der Waals surface area contributed by atoms with E-state index in [-0.39, 0.29) is 0 Å². The average Bonchev–Trinajstić information content (AvgIpc) is 3.17. The van der Waals surface area contributed by atoms with E-state index < -0.39 is 0 Å². The highest BCUT2D eigenvalue weighted by molar-refractivity contribution is 6.19. The number of rotatable bonds is 5. The van der Waals surface area contributed by atoms with Gasteiger partial charge in [0.05, 0.1) is 11.4 Å². The molecule has 0 aliphatic carbocycles. The number of fused-ring (bicyclic) bond motifs is 4. The first-order valence-electron chi connectivity index (χ1n) is 16.3. The van der Waals surface area contributed by atoms with E-state index >= 15 is 0 Å². The summed E-state index contributed by atoms with van der Waals surface area (Å²) in [6.07, 6.45) is 0. The van der Waals surface area contributed by atoms with E-state index in [1.165, 1.54) is 49.0 Å². The molecule has 0 atom stereocenters. The van der Waals surface area contributed by atoms with Gasteiger partial charge in [-0.3, -0.25) is 0 Å². The fourth-order valence-corrected chi connectivity index (χ4v) is 6.88. The summed E-state index contributed by atoms with van der Waals surface area (Å²) in [6.45, 7) is 0. The Morgan fingerprint density at radius 1 is 0.271 bits per heavy atom. The standard InChI is InChI=1S/C46H30N2/c1-3-12-31(13-4-1)32-22-24-33(25-23-32)36-18-11-19-38(28-36)43-30-44(48-46(47-43)35-15-5-2-6-16-35)45-40-21-10-8-17-37(40)29-42-39-20-9-7-14-34(39)26-27-41(42)45/h1-30H. The largest absolute Gasteiger partial charge is 0.228 e. The highest BCUT2D eigenvalue weighted by Crippen LogP contribution is 2.40. The van der Waals surface area contributed by atoms with Crippen LogP contribution in [0.2, 0.25) is 0 Å². The lowest BCUT2D eigenvalue weighted by Crippen LogP contribution is -1.97. The van der Waals surface area contributed by atoms with Crippen molar-refractivity contribution in [2.24, 2.45) is 0 Å². The highest BCUT2D eigenvalue weighted by atomic mass is 14.9. The Kier molecular flexibility index (Phi) is 6.84. The van der Waals surface area contributed by atoms with Gasteiger partial charge < -0.3 is 0 Å². The number of nitrogens with zero attached hydrogens (tertiary/aromatic N) is 2. The van der Waals surface area contributed by atoms with Crippen LogP contribution in [0.1, 0.15) is 0 Å². The molecule has 0 aliphatic heterocycles. The fraction of sp³-hybridized carbons (Fsp3) is 0. The zero-order valence-electron chi connectivity index (χ0n) is 26.2. The maximum absolute atomic E-state index is 5.29. The van der Waals surface area contributed by atoms with Crippen LogP contribution in [0, 0.1) is 0 Å². The van der Waals surface area contributed by atoms with Crippen LogP contribution in [-0.2, 0) is 0 Å². The third kappa shape index (κ3) is 5.01. The van der Waals surface area contributed by atoms with Crippen LogP contribution >= 0.6 is 0 Å². The zero-order chi connectivity index (χ0) is 31.9. The van der Waals surface area contributed by atoms with Crippen LogP contribution in [-0.4, -0.2) is 9.97 Å². The smallest absolute Gasteiger partial charge is 0.160 e. The maximum atomic E-state index is 5.29. The van der Waals surface area contributed by atoms with Crippen molar-refractivity contribution in [3.8, 4) is 56.2 Å². The van der Waals surface area contributed by atoms with Crippen LogP contribution in [0.3, 0.4) is 0 Å². The lowest BCUT2D eigenvalue weighted by atomic mass is 9.91. The van der Waals surface area contributed by atoms with E-state index in [1.807, 2.05) is 18.2 Å². The molecule has 0 aliphatic rings. The zero-order valence-corrected chi connectivity index (χ0v) is 26.2. The van der Waals surface area contributed by atoms with Crippen molar-refractivity contribution in [2.75, 3.05) is 0 Å². The molecule has 8 aromatic carbocycles. The molecule has 0 saturated heterocycles. The van der Waals surface area contributed by atoms with Gasteiger partial charge in [0.2, 0.25) is 0 Å². The molecular weight excluding hydrogens is 581 g/mol. The first kappa shape index (κ1) is 27.9. The summed E-state index contributed by atoms with van der Waals surface area (Å²) in [4.78, 5) is 10.5. The summed E-state index contributed by atoms with van der Waals surface area (Å²) in [6, 6.07) is 64.5. The van der Waals surface area contributed by atoms with Gasteiger partial charge in [-0.1, -0.05) is 164 Å². The minimum absolute atomic E-state index is 0.711. The van der Waals surface area contributed by atoms with Gasteiger partial charge in [0.25, 0.3) is 0 Å². The first-order chi connectivity index (χ1) is 23.8. The number of benzene rings is 8. The molecular formula is C46H30N2. The van der Waals surface area contributed by atoms with E-state index in [1.54, 1.807) is 0 Å². The minimum Gasteiger partial charge on any atom is -0.228 e. The Balaban J connectivity index is 1.24. The van der Waals surface area contributed by atoms with Crippen LogP contribution in [0.25, 0.3) is 88.5 Å². The maximum Gasteiger partial charge on any atom is 0.160 e. The van der Waals surface area contributed by atoms with Gasteiger partial charge >= 0.3 is 0 Å². The van der Waals surface area contributed by atoms with Crippen LogP contribution < -0.4 is 0 Å². The van der Waals surface area contributed by atoms with Crippen molar-refractivity contribution in [3.63, 3.8) is 0 Å². The molecule has 0 bridgehead atoms. The quantitative estimate of drug-likeness (QED) is 0.143. The van der Waals surface area contributed by atoms with Crippen LogP contribution in [0.15, 0.2) is 182 Å². The van der Waals surface area contributed by atoms with Crippen molar-refractivity contribution in [1.82, 2.24) is 9.97 Å². The predicted octanol–water partition coefficient (Wildman–Crippen LogP) is 12.3. The summed E-state index contributed by atoms with van der Waals surface area (Å²) >= 11 is 0. The van der Waals surface area contributed by atoms with Crippen molar-refractivity contribution in [1.29, 1.82) is 0 Å². The normalized spacial score (nSPS) is 11.3. The molecule has 0 fully saturated rings. The van der Waals surface area contributed by atoms with Crippen molar-refractivity contribution < 1.29 is 0 Å². The van der Waals surface area contributed by atoms with Crippen molar-refractivity contribution >= 4 is 32.3 Å². The molecule has 48 heavy (non-hydrogen) atoms. The summed E-state index contributed by atoms with van der Waals surface area (Å²) in [5.41, 5.74) is 9.71. The van der Waals surface area contributed by atoms with Crippen LogP contribution in [0.5, 0.6) is 0 Å². The molecule has 1 aromatic heterocycles. The van der Waals surface area contributed by atoms with Gasteiger partial charge in [-0.05, 0) is 72.8 Å². The van der Waals surface area contributed by atoms with Gasteiger partial charge in [-0.25, -0.2) is 9.97 Å². The van der Waals surface area contributed by atoms with E-state index in [2.05, 4.69) is 164 Å². The van der Waals surface area contributed by atoms with Gasteiger partial charge in [0.15, 0.2) is 5.82 Å². The molecule has 1 heterocycles. The molecule has 224 valence electrons. The molecule has 9 rings (SSSR count). The van der Waals surface area contributed by atoms with Gasteiger partial charge in [-0.15, -0.1) is 0 Å². The molecule has 2 nitrogen and oxygen atoms in total. The Morgan fingerprint density at radius 2 is 0.833 bits per heavy atom. The molecule has 0 saturated carbocycles. The summed E-state index contributed by atoms with van der Waals surface area (Å²) in [7, 11) is 0. The molecule has 0 unspecified atom stereocenters. The molecule has 0 radical (unpaired) electrons. The first-order valence-corrected chi connectivity index (χ1v) is 16.3. The SMILES string of the molecule is c1ccc(-c2ccc(-c3cccc(-c4cc(-c5c6ccccc6cc6c5ccc5ccccc56)nc(-c5ccccc5)n4)c3)cc2)cc1. The monoisotopic (exact) mass is 610 g/mol. The van der Waals surface area contributed by atoms with Crippen molar-refractivity contribution in [3.05, 3.63) is 182 Å². The molecule has 0 N–H and O–H groups in total. The Morgan fingerprint density at radius 3 is 1.60 bits per heavy atom. The van der Waals surface area contributed by atoms with Crippen molar-refractivity contribution in [2.45, 2.75) is 0 Å². The molecule has 2 heteroatoms. The fourth-order valence-electron chi connectivity index (χ4n) is 6.88. The second-order valence-corrected chi connectivity index (χ2v) is 12.2. The summed E-state index contributed by atoms with van der Waals surface area (Å²) in [5, 5.41) is 7.25. The number of hydrogen-bond acceptors (Lipinski definition) is 2. The third-order valence-electron chi connectivity index (χ3n) is 9.27. The lowest BCUT2D eigenvalue weighted by molar-refractivity contribution is 1.19. The minimum atomic E-state index is 0.711. The van der Waals surface area contributed by atoms with E-state index in [0.29, 0.717) is 5.82 Å². The Labute approximate surface area is 279 Å². The summed E-state index contributed by atoms with van der Waals surface area (Å²) in [5.74, 6) is 0.711. The molecule has 0 spiro atoms. The second-order valence-electron chi connectivity index (χ2n) is 12.2. The third-order valence-corrected chi connectivity index (χ3v) is 9.27. The van der Waals surface area contributed by atoms with Gasteiger partial charge in [0.1, 0.15) is 0 Å². The Bertz CT molecular complexity index is 2590. The molecule has 0 amide bonds. The van der Waals surface area contributed by atoms with E-state index in [9.17, 15) is 0 Å². The number of aromatic nitrogens is 2. The lowest BCUT2D eigenvalue weighted by Gasteiger charge is -2.15. The number of hydrogen-bond donors (Lipinski definition) is 0. The van der Waals surface area contributed by atoms with E-state index in [4.69, 9.17) is 9.97 Å². The topological polar surface area (TPSA) is 25.8 Å². The predicted molar refractivity (Wildman–Crippen MR) is 202 cm³/mol. The van der Waals surface area contributed by atoms with Crippen LogP contribution in [0.4, 0.5) is 0 Å². The van der Waals surface area contributed by atoms with Gasteiger partial charge in [0, 0.05) is 16.7 Å². The highest BCUT2D eigenvalue weighted by Gasteiger charge is 2.17. The molecule has 9 aromatic rings. The second kappa shape index (κ2) is 11.8.